The van der Waals surface area contributed by atoms with Gasteiger partial charge in [-0.05, 0) is 42.4 Å². The molecule has 0 N–H and O–H groups in total. The fourth-order valence-corrected chi connectivity index (χ4v) is 5.74. The smallest absolute Gasteiger partial charge is 0.114 e. The first kappa shape index (κ1) is 17.8. The number of halogens is 1. The molecule has 0 heterocycles. The lowest BCUT2D eigenvalue weighted by atomic mass is 9.83. The zero-order chi connectivity index (χ0) is 17.0. The first-order valence-corrected chi connectivity index (χ1v) is 10.7. The second-order valence-corrected chi connectivity index (χ2v) is 9.03. The number of benzene rings is 2. The van der Waals surface area contributed by atoms with Crippen molar-refractivity contribution in [3.63, 3.8) is 0 Å². The monoisotopic (exact) mass is 354 g/mol. The molecule has 2 radical (unpaired) electrons. The highest BCUT2D eigenvalue weighted by molar-refractivity contribution is 6.68. The number of rotatable bonds is 5. The predicted molar refractivity (Wildman–Crippen MR) is 107 cm³/mol. The summed E-state index contributed by atoms with van der Waals surface area (Å²) in [6.07, 6.45) is 8.28. The molecule has 3 rings (SSSR count). The Morgan fingerprint density at radius 3 is 2.17 bits per heavy atom. The maximum absolute atomic E-state index is 7.09. The van der Waals surface area contributed by atoms with E-state index in [4.69, 9.17) is 11.6 Å². The third-order valence-corrected chi connectivity index (χ3v) is 7.07. The summed E-state index contributed by atoms with van der Waals surface area (Å²) in [6, 6.07) is 16.0. The van der Waals surface area contributed by atoms with E-state index in [1.807, 2.05) is 0 Å². The lowest BCUT2D eigenvalue weighted by molar-refractivity contribution is 0.400. The highest BCUT2D eigenvalue weighted by Crippen LogP contribution is 2.42. The molecule has 2 aromatic carbocycles. The summed E-state index contributed by atoms with van der Waals surface area (Å²) >= 11 is 7.09. The van der Waals surface area contributed by atoms with Crippen molar-refractivity contribution in [1.29, 1.82) is 0 Å². The lowest BCUT2D eigenvalue weighted by Crippen LogP contribution is -2.36. The molecule has 0 amide bonds. The average Bonchev–Trinajstić information content (AvgIpc) is 2.62. The molecular weight excluding hydrogens is 328 g/mol. The molecule has 2 aromatic rings. The quantitative estimate of drug-likeness (QED) is 0.531. The molecule has 1 fully saturated rings. The fourth-order valence-electron chi connectivity index (χ4n) is 3.76. The zero-order valence-corrected chi connectivity index (χ0v) is 16.6. The molecule has 2 heteroatoms. The van der Waals surface area contributed by atoms with Gasteiger partial charge in [-0.15, -0.1) is 11.6 Å². The summed E-state index contributed by atoms with van der Waals surface area (Å²) in [4.78, 5) is -0.141. The summed E-state index contributed by atoms with van der Waals surface area (Å²) in [5.41, 5.74) is 4.28. The van der Waals surface area contributed by atoms with Crippen LogP contribution in [-0.4, -0.2) is 9.52 Å². The molecule has 1 aliphatic rings. The minimum atomic E-state index is -0.141. The summed E-state index contributed by atoms with van der Waals surface area (Å²) < 4.78 is 0. The van der Waals surface area contributed by atoms with Gasteiger partial charge in [0.1, 0.15) is 9.52 Å². The van der Waals surface area contributed by atoms with E-state index in [-0.39, 0.29) is 4.87 Å². The highest BCUT2D eigenvalue weighted by Gasteiger charge is 2.33. The van der Waals surface area contributed by atoms with Crippen LogP contribution in [0.2, 0.25) is 0 Å². The van der Waals surface area contributed by atoms with Crippen LogP contribution in [0.3, 0.4) is 0 Å². The van der Waals surface area contributed by atoms with Crippen LogP contribution in [0.4, 0.5) is 0 Å². The fraction of sp³-hybridized carbons (Fsp3) is 0.455. The van der Waals surface area contributed by atoms with Crippen LogP contribution >= 0.6 is 11.6 Å². The van der Waals surface area contributed by atoms with Gasteiger partial charge < -0.3 is 0 Å². The van der Waals surface area contributed by atoms with E-state index >= 15 is 0 Å². The standard InChI is InChI=1S/C22H27ClSi/c1-3-17-14-18(4-2)16-19(15-17)24-21-11-7-6-10-20(21)22(23)12-8-5-9-13-22/h6-7,10-11,14-16H,3-5,8-9,12-13H2,1-2H3. The Bertz CT molecular complexity index is 664. The lowest BCUT2D eigenvalue weighted by Gasteiger charge is -2.33. The van der Waals surface area contributed by atoms with Crippen LogP contribution in [0.15, 0.2) is 42.5 Å². The van der Waals surface area contributed by atoms with Gasteiger partial charge >= 0.3 is 0 Å². The minimum Gasteiger partial charge on any atom is -0.114 e. The molecule has 0 atom stereocenters. The van der Waals surface area contributed by atoms with Crippen LogP contribution < -0.4 is 10.4 Å². The van der Waals surface area contributed by atoms with Crippen LogP contribution in [-0.2, 0) is 17.7 Å². The van der Waals surface area contributed by atoms with Crippen molar-refractivity contribution in [2.24, 2.45) is 0 Å². The molecule has 24 heavy (non-hydrogen) atoms. The first-order valence-electron chi connectivity index (χ1n) is 9.33. The van der Waals surface area contributed by atoms with Crippen LogP contribution in [0.25, 0.3) is 0 Å². The van der Waals surface area contributed by atoms with Crippen molar-refractivity contribution in [3.8, 4) is 0 Å². The number of aryl methyl sites for hydroxylation is 2. The molecule has 0 nitrogen and oxygen atoms in total. The van der Waals surface area contributed by atoms with Crippen molar-refractivity contribution in [3.05, 3.63) is 59.2 Å². The number of alkyl halides is 1. The van der Waals surface area contributed by atoms with E-state index in [9.17, 15) is 0 Å². The maximum atomic E-state index is 7.09. The van der Waals surface area contributed by atoms with Gasteiger partial charge in [-0.2, -0.15) is 0 Å². The largest absolute Gasteiger partial charge is 0.122 e. The molecule has 0 unspecified atom stereocenters. The third-order valence-electron chi connectivity index (χ3n) is 5.20. The first-order chi connectivity index (χ1) is 11.6. The predicted octanol–water partition coefficient (Wildman–Crippen LogP) is 4.86. The minimum absolute atomic E-state index is 0.141. The van der Waals surface area contributed by atoms with Gasteiger partial charge in [-0.25, -0.2) is 0 Å². The SMILES string of the molecule is CCc1cc(CC)cc([Si]c2ccccc2C2(Cl)CCCCC2)c1. The van der Waals surface area contributed by atoms with Gasteiger partial charge in [0.25, 0.3) is 0 Å². The maximum Gasteiger partial charge on any atom is 0.122 e. The van der Waals surface area contributed by atoms with E-state index in [1.165, 1.54) is 46.3 Å². The Morgan fingerprint density at radius 1 is 0.917 bits per heavy atom. The highest BCUT2D eigenvalue weighted by atomic mass is 35.5. The van der Waals surface area contributed by atoms with Gasteiger partial charge in [0.05, 0.1) is 4.87 Å². The summed E-state index contributed by atoms with van der Waals surface area (Å²) in [7, 11) is 0.695. The molecule has 0 aliphatic heterocycles. The summed E-state index contributed by atoms with van der Waals surface area (Å²) in [5, 5.41) is 2.89. The van der Waals surface area contributed by atoms with Crippen molar-refractivity contribution < 1.29 is 0 Å². The van der Waals surface area contributed by atoms with Gasteiger partial charge in [0, 0.05) is 0 Å². The van der Waals surface area contributed by atoms with Crippen molar-refractivity contribution in [2.75, 3.05) is 0 Å². The summed E-state index contributed by atoms with van der Waals surface area (Å²) in [6.45, 7) is 4.48. The molecular formula is C22H27ClSi. The van der Waals surface area contributed by atoms with Crippen molar-refractivity contribution >= 4 is 31.5 Å². The topological polar surface area (TPSA) is 0 Å². The van der Waals surface area contributed by atoms with E-state index < -0.39 is 0 Å². The van der Waals surface area contributed by atoms with Gasteiger partial charge in [0.15, 0.2) is 0 Å². The molecule has 1 saturated carbocycles. The van der Waals surface area contributed by atoms with E-state index in [2.05, 4.69) is 56.3 Å². The number of hydrogen-bond acceptors (Lipinski definition) is 0. The molecule has 1 aliphatic carbocycles. The molecule has 0 bridgehead atoms. The molecule has 0 spiro atoms. The molecule has 126 valence electrons. The van der Waals surface area contributed by atoms with Crippen molar-refractivity contribution in [1.82, 2.24) is 0 Å². The Labute approximate surface area is 154 Å². The Kier molecular flexibility index (Phi) is 5.83. The molecule has 0 saturated heterocycles. The van der Waals surface area contributed by atoms with E-state index in [1.54, 1.807) is 0 Å². The van der Waals surface area contributed by atoms with Crippen LogP contribution in [0.5, 0.6) is 0 Å². The Hall–Kier alpha value is -1.05. The van der Waals surface area contributed by atoms with Gasteiger partial charge in [-0.3, -0.25) is 0 Å². The zero-order valence-electron chi connectivity index (χ0n) is 14.9. The second-order valence-electron chi connectivity index (χ2n) is 6.94. The Balaban J connectivity index is 1.93. The average molecular weight is 355 g/mol. The Morgan fingerprint density at radius 2 is 1.54 bits per heavy atom. The van der Waals surface area contributed by atoms with Gasteiger partial charge in [0.2, 0.25) is 0 Å². The third kappa shape index (κ3) is 3.95. The number of hydrogen-bond donors (Lipinski definition) is 0. The summed E-state index contributed by atoms with van der Waals surface area (Å²) in [5.74, 6) is 0. The van der Waals surface area contributed by atoms with Crippen molar-refractivity contribution in [2.45, 2.75) is 63.7 Å². The van der Waals surface area contributed by atoms with E-state index in [0.29, 0.717) is 9.52 Å². The normalized spacial score (nSPS) is 17.0. The second kappa shape index (κ2) is 7.88. The molecule has 0 aromatic heterocycles. The van der Waals surface area contributed by atoms with Crippen LogP contribution in [0, 0.1) is 0 Å². The van der Waals surface area contributed by atoms with E-state index in [0.717, 1.165) is 25.7 Å². The van der Waals surface area contributed by atoms with Gasteiger partial charge in [-0.1, -0.05) is 85.9 Å². The van der Waals surface area contributed by atoms with Crippen LogP contribution in [0.1, 0.15) is 62.6 Å².